The van der Waals surface area contributed by atoms with Gasteiger partial charge >= 0.3 is 0 Å². The molecule has 1 N–H and O–H groups in total. The lowest BCUT2D eigenvalue weighted by Crippen LogP contribution is -2.27. The van der Waals surface area contributed by atoms with Crippen molar-refractivity contribution in [2.75, 3.05) is 7.11 Å². The van der Waals surface area contributed by atoms with Gasteiger partial charge in [0.15, 0.2) is 0 Å². The summed E-state index contributed by atoms with van der Waals surface area (Å²) in [7, 11) is 1.66. The van der Waals surface area contributed by atoms with Crippen molar-refractivity contribution in [3.05, 3.63) is 41.2 Å². The van der Waals surface area contributed by atoms with Gasteiger partial charge in [-0.15, -0.1) is 0 Å². The van der Waals surface area contributed by atoms with Crippen LogP contribution in [0.2, 0.25) is 0 Å². The van der Waals surface area contributed by atoms with Gasteiger partial charge in [0.2, 0.25) is 0 Å². The van der Waals surface area contributed by atoms with Gasteiger partial charge in [-0.1, -0.05) is 6.92 Å². The first-order valence-electron chi connectivity index (χ1n) is 8.78. The van der Waals surface area contributed by atoms with E-state index in [2.05, 4.69) is 12.2 Å². The molecule has 0 unspecified atom stereocenters. The first-order valence-corrected chi connectivity index (χ1v) is 8.78. The van der Waals surface area contributed by atoms with Crippen LogP contribution in [0.5, 0.6) is 5.75 Å². The van der Waals surface area contributed by atoms with E-state index in [1.807, 2.05) is 28.9 Å². The molecule has 0 radical (unpaired) electrons. The van der Waals surface area contributed by atoms with Crippen LogP contribution in [0, 0.1) is 0 Å². The highest BCUT2D eigenvalue weighted by Crippen LogP contribution is 2.42. The monoisotopic (exact) mass is 325 g/mol. The summed E-state index contributed by atoms with van der Waals surface area (Å²) in [5, 5.41) is 7.97. The number of rotatable bonds is 6. The minimum Gasteiger partial charge on any atom is -0.497 e. The second-order valence-electron chi connectivity index (χ2n) is 6.69. The van der Waals surface area contributed by atoms with Crippen molar-refractivity contribution in [2.45, 2.75) is 51.0 Å². The molecule has 2 saturated carbocycles. The number of hydrogen-bond donors (Lipinski definition) is 1. The van der Waals surface area contributed by atoms with Crippen molar-refractivity contribution < 1.29 is 9.53 Å². The fraction of sp³-hybridized carbons (Fsp3) is 0.474. The lowest BCUT2D eigenvalue weighted by atomic mass is 10.1. The van der Waals surface area contributed by atoms with E-state index in [4.69, 9.17) is 9.84 Å². The van der Waals surface area contributed by atoms with Gasteiger partial charge in [-0.25, -0.2) is 4.68 Å². The third kappa shape index (κ3) is 2.79. The molecule has 5 nitrogen and oxygen atoms in total. The maximum absolute atomic E-state index is 12.8. The topological polar surface area (TPSA) is 56.2 Å². The largest absolute Gasteiger partial charge is 0.497 e. The SMILES string of the molecule is CCc1c(C(=O)NC2CC2)c(C2CC2)nn1-c1ccc(OC)cc1. The van der Waals surface area contributed by atoms with E-state index in [9.17, 15) is 4.79 Å². The molecule has 1 aromatic carbocycles. The van der Waals surface area contributed by atoms with E-state index in [1.165, 1.54) is 0 Å². The molecule has 0 saturated heterocycles. The Balaban J connectivity index is 1.76. The number of carbonyl (C=O) groups excluding carboxylic acids is 1. The van der Waals surface area contributed by atoms with E-state index in [0.717, 1.165) is 60.5 Å². The maximum Gasteiger partial charge on any atom is 0.255 e. The first kappa shape index (κ1) is 15.2. The molecule has 2 aliphatic rings. The molecular formula is C19H23N3O2. The minimum absolute atomic E-state index is 0.0519. The second kappa shape index (κ2) is 5.96. The zero-order valence-electron chi connectivity index (χ0n) is 14.2. The van der Waals surface area contributed by atoms with E-state index >= 15 is 0 Å². The van der Waals surface area contributed by atoms with Gasteiger partial charge in [0.05, 0.1) is 29.7 Å². The number of carbonyl (C=O) groups is 1. The average molecular weight is 325 g/mol. The summed E-state index contributed by atoms with van der Waals surface area (Å²) in [6.45, 7) is 2.08. The third-order valence-corrected chi connectivity index (χ3v) is 4.76. The molecule has 1 aromatic heterocycles. The van der Waals surface area contributed by atoms with Crippen molar-refractivity contribution >= 4 is 5.91 Å². The van der Waals surface area contributed by atoms with Crippen LogP contribution >= 0.6 is 0 Å². The molecule has 126 valence electrons. The smallest absolute Gasteiger partial charge is 0.255 e. The van der Waals surface area contributed by atoms with Crippen LogP contribution in [0.1, 0.15) is 60.3 Å². The van der Waals surface area contributed by atoms with Gasteiger partial charge in [-0.2, -0.15) is 5.10 Å². The number of aromatic nitrogens is 2. The number of ether oxygens (including phenoxy) is 1. The highest BCUT2D eigenvalue weighted by atomic mass is 16.5. The van der Waals surface area contributed by atoms with Crippen LogP contribution < -0.4 is 10.1 Å². The second-order valence-corrected chi connectivity index (χ2v) is 6.69. The molecule has 0 atom stereocenters. The number of hydrogen-bond acceptors (Lipinski definition) is 3. The number of methoxy groups -OCH3 is 1. The van der Waals surface area contributed by atoms with Crippen LogP contribution in [-0.2, 0) is 6.42 Å². The fourth-order valence-corrected chi connectivity index (χ4v) is 3.11. The Morgan fingerprint density at radius 1 is 1.25 bits per heavy atom. The van der Waals surface area contributed by atoms with E-state index < -0.39 is 0 Å². The van der Waals surface area contributed by atoms with E-state index in [0.29, 0.717) is 12.0 Å². The van der Waals surface area contributed by atoms with Gasteiger partial charge in [0, 0.05) is 12.0 Å². The molecule has 5 heteroatoms. The van der Waals surface area contributed by atoms with Crippen molar-refractivity contribution in [2.24, 2.45) is 0 Å². The van der Waals surface area contributed by atoms with Gasteiger partial charge in [-0.05, 0) is 56.4 Å². The molecule has 4 rings (SSSR count). The van der Waals surface area contributed by atoms with Gasteiger partial charge in [-0.3, -0.25) is 4.79 Å². The zero-order valence-corrected chi connectivity index (χ0v) is 14.2. The Hall–Kier alpha value is -2.30. The summed E-state index contributed by atoms with van der Waals surface area (Å²) in [5.41, 5.74) is 3.75. The van der Waals surface area contributed by atoms with Crippen molar-refractivity contribution in [1.29, 1.82) is 0 Å². The fourth-order valence-electron chi connectivity index (χ4n) is 3.11. The number of nitrogens with zero attached hydrogens (tertiary/aromatic N) is 2. The predicted molar refractivity (Wildman–Crippen MR) is 92.0 cm³/mol. The molecular weight excluding hydrogens is 302 g/mol. The number of nitrogens with one attached hydrogen (secondary N) is 1. The lowest BCUT2D eigenvalue weighted by molar-refractivity contribution is 0.0949. The Bertz CT molecular complexity index is 756. The molecule has 0 spiro atoms. The molecule has 1 amide bonds. The van der Waals surface area contributed by atoms with Crippen LogP contribution in [0.25, 0.3) is 5.69 Å². The summed E-state index contributed by atoms with van der Waals surface area (Å²) < 4.78 is 7.17. The Morgan fingerprint density at radius 2 is 1.96 bits per heavy atom. The average Bonchev–Trinajstić information content (AvgIpc) is 3.53. The van der Waals surface area contributed by atoms with Crippen molar-refractivity contribution in [1.82, 2.24) is 15.1 Å². The Kier molecular flexibility index (Phi) is 3.79. The van der Waals surface area contributed by atoms with Crippen LogP contribution in [0.4, 0.5) is 0 Å². The van der Waals surface area contributed by atoms with E-state index in [1.54, 1.807) is 7.11 Å². The Morgan fingerprint density at radius 3 is 2.50 bits per heavy atom. The van der Waals surface area contributed by atoms with Crippen molar-refractivity contribution in [3.8, 4) is 11.4 Å². The standard InChI is InChI=1S/C19H23N3O2/c1-3-16-17(19(23)20-13-6-7-13)18(12-4-5-12)21-22(16)14-8-10-15(24-2)11-9-14/h8-13H,3-7H2,1-2H3,(H,20,23). The quantitative estimate of drug-likeness (QED) is 0.887. The molecule has 2 fully saturated rings. The van der Waals surface area contributed by atoms with Crippen LogP contribution in [-0.4, -0.2) is 28.8 Å². The molecule has 24 heavy (non-hydrogen) atoms. The van der Waals surface area contributed by atoms with Crippen LogP contribution in [0.3, 0.4) is 0 Å². The molecule has 2 aromatic rings. The predicted octanol–water partition coefficient (Wildman–Crippen LogP) is 3.21. The highest BCUT2D eigenvalue weighted by molar-refractivity contribution is 5.97. The zero-order chi connectivity index (χ0) is 16.7. The number of amides is 1. The molecule has 0 aliphatic heterocycles. The summed E-state index contributed by atoms with van der Waals surface area (Å²) >= 11 is 0. The normalized spacial score (nSPS) is 16.9. The van der Waals surface area contributed by atoms with Gasteiger partial charge in [0.1, 0.15) is 5.75 Å². The highest BCUT2D eigenvalue weighted by Gasteiger charge is 2.35. The molecule has 1 heterocycles. The summed E-state index contributed by atoms with van der Waals surface area (Å²) in [5.74, 6) is 1.31. The van der Waals surface area contributed by atoms with Crippen molar-refractivity contribution in [3.63, 3.8) is 0 Å². The third-order valence-electron chi connectivity index (χ3n) is 4.76. The number of benzene rings is 1. The van der Waals surface area contributed by atoms with E-state index in [-0.39, 0.29) is 5.91 Å². The van der Waals surface area contributed by atoms with Gasteiger partial charge < -0.3 is 10.1 Å². The maximum atomic E-state index is 12.8. The summed E-state index contributed by atoms with van der Waals surface area (Å²) in [6.07, 6.45) is 5.23. The lowest BCUT2D eigenvalue weighted by Gasteiger charge is -2.09. The first-order chi connectivity index (χ1) is 11.7. The van der Waals surface area contributed by atoms with Crippen LogP contribution in [0.15, 0.2) is 24.3 Å². The summed E-state index contributed by atoms with van der Waals surface area (Å²) in [4.78, 5) is 12.8. The minimum atomic E-state index is 0.0519. The van der Waals surface area contributed by atoms with Gasteiger partial charge in [0.25, 0.3) is 5.91 Å². The Labute approximate surface area is 142 Å². The molecule has 0 bridgehead atoms. The summed E-state index contributed by atoms with van der Waals surface area (Å²) in [6, 6.07) is 8.20. The molecule has 2 aliphatic carbocycles.